The highest BCUT2D eigenvalue weighted by Crippen LogP contribution is 2.41. The molecule has 244 valence electrons. The minimum absolute atomic E-state index is 0.632. The topological polar surface area (TPSA) is 31.0 Å². The second-order valence-electron chi connectivity index (χ2n) is 13.2. The summed E-state index contributed by atoms with van der Waals surface area (Å²) in [5.74, 6) is 0.632. The lowest BCUT2D eigenvalue weighted by Crippen LogP contribution is -1.94. The van der Waals surface area contributed by atoms with Crippen LogP contribution < -0.4 is 0 Å². The van der Waals surface area contributed by atoms with Crippen LogP contribution in [0.3, 0.4) is 0 Å². The van der Waals surface area contributed by atoms with Gasteiger partial charge < -0.3 is 8.98 Å². The van der Waals surface area contributed by atoms with Gasteiger partial charge in [0.05, 0.1) is 11.0 Å². The van der Waals surface area contributed by atoms with Crippen LogP contribution >= 0.6 is 0 Å². The number of aromatic nitrogens is 2. The number of rotatable bonds is 6. The van der Waals surface area contributed by atoms with Crippen LogP contribution in [-0.4, -0.2) is 9.55 Å². The molecule has 0 saturated heterocycles. The van der Waals surface area contributed by atoms with Gasteiger partial charge in [0.1, 0.15) is 5.52 Å². The van der Waals surface area contributed by atoms with E-state index in [0.717, 1.165) is 27.9 Å². The zero-order valence-electron chi connectivity index (χ0n) is 28.3. The first-order valence-electron chi connectivity index (χ1n) is 17.6. The maximum absolute atomic E-state index is 6.05. The zero-order valence-corrected chi connectivity index (χ0v) is 28.3. The van der Waals surface area contributed by atoms with Crippen LogP contribution in [0.4, 0.5) is 0 Å². The fourth-order valence-corrected chi connectivity index (χ4v) is 7.60. The highest BCUT2D eigenvalue weighted by molar-refractivity contribution is 6.11. The average molecular weight is 665 g/mol. The number of para-hydroxylation sites is 3. The molecule has 0 aliphatic rings. The molecule has 3 heteroatoms. The van der Waals surface area contributed by atoms with Crippen LogP contribution in [0.5, 0.6) is 0 Å². The zero-order chi connectivity index (χ0) is 34.4. The summed E-state index contributed by atoms with van der Waals surface area (Å²) in [5.41, 5.74) is 15.6. The molecule has 0 atom stereocenters. The number of nitrogens with zero attached hydrogens (tertiary/aromatic N) is 2. The molecule has 52 heavy (non-hydrogen) atoms. The molecule has 0 fully saturated rings. The normalized spacial score (nSPS) is 11.5. The van der Waals surface area contributed by atoms with Gasteiger partial charge in [-0.1, -0.05) is 140 Å². The van der Waals surface area contributed by atoms with E-state index in [1.165, 1.54) is 60.8 Å². The summed E-state index contributed by atoms with van der Waals surface area (Å²) in [6.45, 7) is 0. The van der Waals surface area contributed by atoms with Crippen LogP contribution in [0.1, 0.15) is 0 Å². The van der Waals surface area contributed by atoms with Crippen LogP contribution in [0.15, 0.2) is 199 Å². The summed E-state index contributed by atoms with van der Waals surface area (Å²) in [6, 6.07) is 68.9. The molecule has 0 N–H and O–H groups in total. The second-order valence-corrected chi connectivity index (χ2v) is 13.2. The summed E-state index contributed by atoms with van der Waals surface area (Å²) in [6.07, 6.45) is 0. The van der Waals surface area contributed by atoms with Crippen molar-refractivity contribution in [2.24, 2.45) is 0 Å². The van der Waals surface area contributed by atoms with E-state index < -0.39 is 0 Å². The van der Waals surface area contributed by atoms with E-state index in [4.69, 9.17) is 9.40 Å². The molecule has 10 rings (SSSR count). The fraction of sp³-hybridized carbons (Fsp3) is 0. The standard InChI is InChI=1S/C49H32N2O/c1-2-13-33(14-3-1)36-15-12-16-38(31-36)51-46-23-10-8-21-43(46)44-32-37(29-30-47(44)51)40-18-5-7-20-42(40)41-19-6-4-17-39(41)34-25-27-35(28-26-34)49-50-45-22-9-11-24-48(45)52-49/h1-32H. The van der Waals surface area contributed by atoms with Crippen LogP contribution in [0, 0.1) is 0 Å². The summed E-state index contributed by atoms with van der Waals surface area (Å²) in [5, 5.41) is 2.47. The Morgan fingerprint density at radius 1 is 0.365 bits per heavy atom. The van der Waals surface area contributed by atoms with Crippen molar-refractivity contribution in [3.63, 3.8) is 0 Å². The number of hydrogen-bond acceptors (Lipinski definition) is 2. The molecule has 0 aliphatic heterocycles. The van der Waals surface area contributed by atoms with Gasteiger partial charge in [-0.2, -0.15) is 0 Å². The highest BCUT2D eigenvalue weighted by Gasteiger charge is 2.17. The molecule has 2 aromatic heterocycles. The monoisotopic (exact) mass is 664 g/mol. The lowest BCUT2D eigenvalue weighted by Gasteiger charge is -2.15. The molecule has 2 heterocycles. The maximum atomic E-state index is 6.05. The Hall–Kier alpha value is -6.97. The minimum Gasteiger partial charge on any atom is -0.436 e. The molecular formula is C49H32N2O. The van der Waals surface area contributed by atoms with E-state index in [9.17, 15) is 0 Å². The van der Waals surface area contributed by atoms with E-state index in [1.807, 2.05) is 24.3 Å². The molecule has 10 aromatic rings. The predicted molar refractivity (Wildman–Crippen MR) is 216 cm³/mol. The van der Waals surface area contributed by atoms with E-state index >= 15 is 0 Å². The number of hydrogen-bond donors (Lipinski definition) is 0. The lowest BCUT2D eigenvalue weighted by atomic mass is 9.89. The average Bonchev–Trinajstić information content (AvgIpc) is 3.81. The molecule has 0 aliphatic carbocycles. The van der Waals surface area contributed by atoms with E-state index in [1.54, 1.807) is 0 Å². The molecular weight excluding hydrogens is 633 g/mol. The van der Waals surface area contributed by atoms with Crippen LogP contribution in [0.25, 0.3) is 94.6 Å². The molecule has 0 amide bonds. The third-order valence-electron chi connectivity index (χ3n) is 10.1. The van der Waals surface area contributed by atoms with Crippen LogP contribution in [0.2, 0.25) is 0 Å². The molecule has 0 saturated carbocycles. The van der Waals surface area contributed by atoms with Gasteiger partial charge in [0.25, 0.3) is 0 Å². The van der Waals surface area contributed by atoms with Gasteiger partial charge in [0, 0.05) is 22.0 Å². The quantitative estimate of drug-likeness (QED) is 0.177. The Morgan fingerprint density at radius 3 is 1.75 bits per heavy atom. The Labute approximate surface area is 301 Å². The van der Waals surface area contributed by atoms with Crippen LogP contribution in [-0.2, 0) is 0 Å². The second kappa shape index (κ2) is 12.4. The Morgan fingerprint density at radius 2 is 0.962 bits per heavy atom. The van der Waals surface area contributed by atoms with Crippen molar-refractivity contribution >= 4 is 32.9 Å². The fourth-order valence-electron chi connectivity index (χ4n) is 7.60. The summed E-state index contributed by atoms with van der Waals surface area (Å²) >= 11 is 0. The van der Waals surface area contributed by atoms with Crippen molar-refractivity contribution in [3.8, 4) is 61.6 Å². The van der Waals surface area contributed by atoms with E-state index in [0.29, 0.717) is 5.89 Å². The number of fused-ring (bicyclic) bond motifs is 4. The van der Waals surface area contributed by atoms with Gasteiger partial charge in [-0.3, -0.25) is 0 Å². The number of oxazole rings is 1. The molecule has 8 aromatic carbocycles. The summed E-state index contributed by atoms with van der Waals surface area (Å²) in [4.78, 5) is 4.70. The summed E-state index contributed by atoms with van der Waals surface area (Å²) in [7, 11) is 0. The first-order chi connectivity index (χ1) is 25.8. The smallest absolute Gasteiger partial charge is 0.227 e. The Kier molecular flexibility index (Phi) is 7.14. The molecule has 3 nitrogen and oxygen atoms in total. The van der Waals surface area contributed by atoms with Crippen molar-refractivity contribution < 1.29 is 4.42 Å². The highest BCUT2D eigenvalue weighted by atomic mass is 16.3. The molecule has 0 radical (unpaired) electrons. The van der Waals surface area contributed by atoms with Gasteiger partial charge >= 0.3 is 0 Å². The molecule has 0 bridgehead atoms. The van der Waals surface area contributed by atoms with Gasteiger partial charge in [0.2, 0.25) is 5.89 Å². The van der Waals surface area contributed by atoms with Gasteiger partial charge in [-0.25, -0.2) is 4.98 Å². The van der Waals surface area contributed by atoms with Crippen molar-refractivity contribution in [2.45, 2.75) is 0 Å². The SMILES string of the molecule is c1ccc(-c2cccc(-n3c4ccccc4c4cc(-c5ccccc5-c5ccccc5-c5ccc(-c6nc7ccccc7o6)cc5)ccc43)c2)cc1. The van der Waals surface area contributed by atoms with Gasteiger partial charge in [-0.05, 0) is 99.1 Å². The molecule has 0 spiro atoms. The Balaban J connectivity index is 1.07. The van der Waals surface area contributed by atoms with Crippen molar-refractivity contribution in [3.05, 3.63) is 194 Å². The third-order valence-corrected chi connectivity index (χ3v) is 10.1. The first-order valence-corrected chi connectivity index (χ1v) is 17.6. The van der Waals surface area contributed by atoms with E-state index in [2.05, 4.69) is 174 Å². The van der Waals surface area contributed by atoms with Crippen molar-refractivity contribution in [1.82, 2.24) is 9.55 Å². The third kappa shape index (κ3) is 5.10. The molecule has 0 unspecified atom stereocenters. The largest absolute Gasteiger partial charge is 0.436 e. The number of benzene rings is 8. The van der Waals surface area contributed by atoms with Gasteiger partial charge in [-0.15, -0.1) is 0 Å². The lowest BCUT2D eigenvalue weighted by molar-refractivity contribution is 0.620. The van der Waals surface area contributed by atoms with E-state index in [-0.39, 0.29) is 0 Å². The van der Waals surface area contributed by atoms with Crippen molar-refractivity contribution in [1.29, 1.82) is 0 Å². The Bertz CT molecular complexity index is 2860. The maximum Gasteiger partial charge on any atom is 0.227 e. The van der Waals surface area contributed by atoms with Gasteiger partial charge in [0.15, 0.2) is 5.58 Å². The minimum atomic E-state index is 0.632. The first kappa shape index (κ1) is 29.9. The summed E-state index contributed by atoms with van der Waals surface area (Å²) < 4.78 is 8.45. The predicted octanol–water partition coefficient (Wildman–Crippen LogP) is 13.3. The van der Waals surface area contributed by atoms with Crippen molar-refractivity contribution in [2.75, 3.05) is 0 Å².